The molecular formula is C23H37N3O2. The van der Waals surface area contributed by atoms with Crippen molar-refractivity contribution >= 4 is 5.96 Å². The summed E-state index contributed by atoms with van der Waals surface area (Å²) in [7, 11) is 1.74. The third-order valence-corrected chi connectivity index (χ3v) is 6.15. The van der Waals surface area contributed by atoms with Crippen LogP contribution in [0.15, 0.2) is 35.3 Å². The Morgan fingerprint density at radius 1 is 1.18 bits per heavy atom. The van der Waals surface area contributed by atoms with E-state index in [1.165, 1.54) is 24.8 Å². The number of methoxy groups -OCH3 is 1. The van der Waals surface area contributed by atoms with Crippen molar-refractivity contribution in [3.8, 4) is 0 Å². The number of piperidine rings is 1. The monoisotopic (exact) mass is 387 g/mol. The normalized spacial score (nSPS) is 20.1. The van der Waals surface area contributed by atoms with E-state index in [0.29, 0.717) is 6.10 Å². The van der Waals surface area contributed by atoms with Gasteiger partial charge in [-0.1, -0.05) is 36.8 Å². The quantitative estimate of drug-likeness (QED) is 0.400. The van der Waals surface area contributed by atoms with E-state index in [2.05, 4.69) is 47.5 Å². The maximum Gasteiger partial charge on any atom is 0.193 e. The van der Waals surface area contributed by atoms with Crippen LogP contribution in [0.3, 0.4) is 0 Å². The fourth-order valence-electron chi connectivity index (χ4n) is 4.27. The third kappa shape index (κ3) is 5.48. The summed E-state index contributed by atoms with van der Waals surface area (Å²) in [5, 5.41) is 3.52. The average Bonchev–Trinajstić information content (AvgIpc) is 2.71. The lowest BCUT2D eigenvalue weighted by atomic mass is 9.64. The van der Waals surface area contributed by atoms with Gasteiger partial charge in [-0.15, -0.1) is 0 Å². The van der Waals surface area contributed by atoms with Crippen molar-refractivity contribution in [3.05, 3.63) is 35.9 Å². The van der Waals surface area contributed by atoms with E-state index in [1.807, 2.05) is 0 Å². The smallest absolute Gasteiger partial charge is 0.193 e. The zero-order chi connectivity index (χ0) is 19.7. The second kappa shape index (κ2) is 10.8. The van der Waals surface area contributed by atoms with Crippen molar-refractivity contribution in [1.29, 1.82) is 0 Å². The summed E-state index contributed by atoms with van der Waals surface area (Å²) >= 11 is 0. The Morgan fingerprint density at radius 2 is 1.93 bits per heavy atom. The van der Waals surface area contributed by atoms with Crippen LogP contribution >= 0.6 is 0 Å². The van der Waals surface area contributed by atoms with Crippen LogP contribution in [0.5, 0.6) is 0 Å². The highest BCUT2D eigenvalue weighted by atomic mass is 16.5. The molecule has 2 fully saturated rings. The van der Waals surface area contributed by atoms with E-state index in [0.717, 1.165) is 64.6 Å². The van der Waals surface area contributed by atoms with Gasteiger partial charge in [-0.25, -0.2) is 0 Å². The van der Waals surface area contributed by atoms with E-state index >= 15 is 0 Å². The number of likely N-dealkylation sites (tertiary alicyclic amines) is 1. The Hall–Kier alpha value is -1.59. The van der Waals surface area contributed by atoms with Gasteiger partial charge in [0.05, 0.1) is 12.6 Å². The van der Waals surface area contributed by atoms with Gasteiger partial charge >= 0.3 is 0 Å². The number of ether oxygens (including phenoxy) is 2. The van der Waals surface area contributed by atoms with Crippen LogP contribution in [0.1, 0.15) is 51.0 Å². The standard InChI is InChI=1S/C23H37N3O2/c1-3-24-22(26-15-11-21(12-16-26)28-18-8-17-27-2)25-19-23(13-7-14-23)20-9-5-4-6-10-20/h4-6,9-10,21H,3,7-8,11-19H2,1-2H3,(H,24,25). The van der Waals surface area contributed by atoms with Gasteiger partial charge in [0.1, 0.15) is 0 Å². The van der Waals surface area contributed by atoms with Crippen LogP contribution in [0.2, 0.25) is 0 Å². The molecule has 1 heterocycles. The van der Waals surface area contributed by atoms with Crippen LogP contribution < -0.4 is 5.32 Å². The molecule has 156 valence electrons. The van der Waals surface area contributed by atoms with Gasteiger partial charge in [0.25, 0.3) is 0 Å². The number of nitrogens with zero attached hydrogens (tertiary/aromatic N) is 2. The van der Waals surface area contributed by atoms with Crippen molar-refractivity contribution in [1.82, 2.24) is 10.2 Å². The third-order valence-electron chi connectivity index (χ3n) is 6.15. The maximum atomic E-state index is 6.00. The van der Waals surface area contributed by atoms with Crippen LogP contribution in [0.4, 0.5) is 0 Å². The van der Waals surface area contributed by atoms with Gasteiger partial charge in [0, 0.05) is 45.4 Å². The number of aliphatic imine (C=N–C) groups is 1. The largest absolute Gasteiger partial charge is 0.385 e. The van der Waals surface area contributed by atoms with Crippen molar-refractivity contribution in [3.63, 3.8) is 0 Å². The van der Waals surface area contributed by atoms with Crippen molar-refractivity contribution in [2.75, 3.05) is 46.5 Å². The molecule has 1 aromatic carbocycles. The zero-order valence-corrected chi connectivity index (χ0v) is 17.7. The highest BCUT2D eigenvalue weighted by Gasteiger charge is 2.38. The number of guanidine groups is 1. The van der Waals surface area contributed by atoms with E-state index in [9.17, 15) is 0 Å². The highest BCUT2D eigenvalue weighted by Crippen LogP contribution is 2.43. The molecule has 0 unspecified atom stereocenters. The first-order valence-electron chi connectivity index (χ1n) is 11.0. The van der Waals surface area contributed by atoms with Crippen molar-refractivity contribution in [2.24, 2.45) is 4.99 Å². The summed E-state index contributed by atoms with van der Waals surface area (Å²) in [5.74, 6) is 1.07. The van der Waals surface area contributed by atoms with Crippen LogP contribution in [0.25, 0.3) is 0 Å². The van der Waals surface area contributed by atoms with E-state index in [4.69, 9.17) is 14.5 Å². The molecule has 2 aliphatic rings. The van der Waals surface area contributed by atoms with E-state index in [1.54, 1.807) is 7.11 Å². The minimum Gasteiger partial charge on any atom is -0.385 e. The lowest BCUT2D eigenvalue weighted by molar-refractivity contribution is 0.00987. The van der Waals surface area contributed by atoms with Crippen LogP contribution in [-0.2, 0) is 14.9 Å². The predicted octanol–water partition coefficient (Wildman–Crippen LogP) is 3.59. The van der Waals surface area contributed by atoms with Crippen molar-refractivity contribution < 1.29 is 9.47 Å². The topological polar surface area (TPSA) is 46.1 Å². The van der Waals surface area contributed by atoms with Crippen LogP contribution in [-0.4, -0.2) is 63.5 Å². The molecular weight excluding hydrogens is 350 g/mol. The second-order valence-electron chi connectivity index (χ2n) is 8.07. The first-order chi connectivity index (χ1) is 13.8. The Labute approximate surface area is 170 Å². The van der Waals surface area contributed by atoms with Crippen LogP contribution in [0, 0.1) is 0 Å². The number of nitrogens with one attached hydrogen (secondary N) is 1. The molecule has 1 saturated heterocycles. The number of rotatable bonds is 9. The second-order valence-corrected chi connectivity index (χ2v) is 8.07. The Bertz CT molecular complexity index is 593. The number of hydrogen-bond acceptors (Lipinski definition) is 3. The molecule has 3 rings (SSSR count). The molecule has 28 heavy (non-hydrogen) atoms. The Kier molecular flexibility index (Phi) is 8.16. The van der Waals surface area contributed by atoms with Gasteiger partial charge in [-0.3, -0.25) is 4.99 Å². The van der Waals surface area contributed by atoms with Gasteiger partial charge in [-0.05, 0) is 44.6 Å². The first kappa shape index (κ1) is 21.1. The summed E-state index contributed by atoms with van der Waals surface area (Å²) in [6.45, 7) is 7.54. The molecule has 0 atom stereocenters. The SMILES string of the molecule is CCNC(=NCC1(c2ccccc2)CCC1)N1CCC(OCCCOC)CC1. The molecule has 1 aromatic rings. The molecule has 0 aromatic heterocycles. The molecule has 1 saturated carbocycles. The molecule has 0 amide bonds. The summed E-state index contributed by atoms with van der Waals surface area (Å²) in [4.78, 5) is 7.51. The Balaban J connectivity index is 1.55. The average molecular weight is 388 g/mol. The van der Waals surface area contributed by atoms with E-state index in [-0.39, 0.29) is 5.41 Å². The molecule has 5 heteroatoms. The molecule has 1 N–H and O–H groups in total. The molecule has 5 nitrogen and oxygen atoms in total. The van der Waals surface area contributed by atoms with E-state index < -0.39 is 0 Å². The highest BCUT2D eigenvalue weighted by molar-refractivity contribution is 5.80. The number of hydrogen-bond donors (Lipinski definition) is 1. The molecule has 0 radical (unpaired) electrons. The molecule has 0 bridgehead atoms. The predicted molar refractivity (Wildman–Crippen MR) is 115 cm³/mol. The lowest BCUT2D eigenvalue weighted by Gasteiger charge is -2.42. The maximum absolute atomic E-state index is 6.00. The van der Waals surface area contributed by atoms with Gasteiger partial charge in [-0.2, -0.15) is 0 Å². The zero-order valence-electron chi connectivity index (χ0n) is 17.7. The fraction of sp³-hybridized carbons (Fsp3) is 0.696. The Morgan fingerprint density at radius 3 is 2.54 bits per heavy atom. The van der Waals surface area contributed by atoms with Crippen molar-refractivity contribution in [2.45, 2.75) is 57.0 Å². The summed E-state index contributed by atoms with van der Waals surface area (Å²) in [6.07, 6.45) is 7.30. The number of benzene rings is 1. The summed E-state index contributed by atoms with van der Waals surface area (Å²) < 4.78 is 11.1. The lowest BCUT2D eigenvalue weighted by Crippen LogP contribution is -2.48. The van der Waals surface area contributed by atoms with Gasteiger partial charge in [0.2, 0.25) is 0 Å². The fourth-order valence-corrected chi connectivity index (χ4v) is 4.27. The summed E-state index contributed by atoms with van der Waals surface area (Å²) in [5.41, 5.74) is 1.69. The first-order valence-corrected chi connectivity index (χ1v) is 11.0. The molecule has 0 spiro atoms. The van der Waals surface area contributed by atoms with Gasteiger partial charge in [0.15, 0.2) is 5.96 Å². The summed E-state index contributed by atoms with van der Waals surface area (Å²) in [6, 6.07) is 11.0. The molecule has 1 aliphatic carbocycles. The minimum atomic E-state index is 0.241. The van der Waals surface area contributed by atoms with Gasteiger partial charge < -0.3 is 19.7 Å². The molecule has 1 aliphatic heterocycles. The minimum absolute atomic E-state index is 0.241.